The maximum absolute atomic E-state index is 13.2. The first-order valence-electron chi connectivity index (χ1n) is 18.6. The SMILES string of the molecule is Cc1ccc(C(=O)NC2CC2)cc1-c1ccc(C(=O)c2ccc(OCCOCCOCCOc3cccc4c3C(=O)N(C3CCC(=O)NC3=O)C4=O)cc2)cc1. The lowest BCUT2D eigenvalue weighted by molar-refractivity contribution is -0.136. The number of aryl methyl sites for hydroxylation is 1. The molecule has 2 N–H and O–H groups in total. The minimum absolute atomic E-state index is 0.0401. The number of rotatable bonds is 17. The first kappa shape index (κ1) is 38.1. The van der Waals surface area contributed by atoms with E-state index in [-0.39, 0.29) is 67.3 Å². The number of carbonyl (C=O) groups excluding carboxylic acids is 6. The summed E-state index contributed by atoms with van der Waals surface area (Å²) < 4.78 is 22.7. The lowest BCUT2D eigenvalue weighted by Gasteiger charge is -2.27. The van der Waals surface area contributed by atoms with Gasteiger partial charge in [-0.1, -0.05) is 36.4 Å². The van der Waals surface area contributed by atoms with Crippen LogP contribution in [-0.4, -0.2) is 91.9 Å². The van der Waals surface area contributed by atoms with Crippen molar-refractivity contribution >= 4 is 35.3 Å². The van der Waals surface area contributed by atoms with Gasteiger partial charge in [-0.25, -0.2) is 0 Å². The molecule has 7 rings (SSSR count). The van der Waals surface area contributed by atoms with Gasteiger partial charge in [-0.2, -0.15) is 0 Å². The number of amides is 5. The van der Waals surface area contributed by atoms with E-state index in [1.807, 2.05) is 37.3 Å². The van der Waals surface area contributed by atoms with Crippen LogP contribution in [0.1, 0.15) is 78.2 Å². The lowest BCUT2D eigenvalue weighted by atomic mass is 9.95. The van der Waals surface area contributed by atoms with Gasteiger partial charge in [0.1, 0.15) is 30.8 Å². The standard InChI is InChI=1S/C43H41N3O10/c1-26-5-6-30(40(49)44-31-13-14-31)25-34(26)27-7-9-28(10-8-27)39(48)29-11-15-32(16-12-29)55-23-21-53-19-20-54-22-24-56-36-4-2-3-33-38(36)43(52)46(42(33)51)35-17-18-37(47)45-41(35)50/h2-12,15-16,25,31,35H,13-14,17-24H2,1H3,(H,44,49)(H,45,47,50). The molecule has 4 aromatic rings. The monoisotopic (exact) mass is 759 g/mol. The number of imide groups is 2. The van der Waals surface area contributed by atoms with Crippen molar-refractivity contribution in [3.05, 3.63) is 118 Å². The highest BCUT2D eigenvalue weighted by Crippen LogP contribution is 2.34. The maximum Gasteiger partial charge on any atom is 0.266 e. The van der Waals surface area contributed by atoms with E-state index < -0.39 is 29.7 Å². The molecule has 56 heavy (non-hydrogen) atoms. The van der Waals surface area contributed by atoms with E-state index in [0.29, 0.717) is 42.3 Å². The average Bonchev–Trinajstić information content (AvgIpc) is 3.99. The van der Waals surface area contributed by atoms with Gasteiger partial charge in [-0.15, -0.1) is 0 Å². The summed E-state index contributed by atoms with van der Waals surface area (Å²) in [5.74, 6) is -1.71. The van der Waals surface area contributed by atoms with Crippen LogP contribution in [0.15, 0.2) is 84.9 Å². The van der Waals surface area contributed by atoms with Crippen LogP contribution in [0.5, 0.6) is 11.5 Å². The molecule has 0 aromatic heterocycles. The Morgan fingerprint density at radius 2 is 1.36 bits per heavy atom. The molecule has 13 heteroatoms. The number of carbonyl (C=O) groups is 6. The topological polar surface area (TPSA) is 167 Å². The van der Waals surface area contributed by atoms with Gasteiger partial charge in [-0.05, 0) is 91.4 Å². The lowest BCUT2D eigenvalue weighted by Crippen LogP contribution is -2.54. The van der Waals surface area contributed by atoms with E-state index in [0.717, 1.165) is 34.4 Å². The quantitative estimate of drug-likeness (QED) is 0.0877. The second-order valence-corrected chi connectivity index (χ2v) is 13.8. The Morgan fingerprint density at radius 3 is 2.04 bits per heavy atom. The fourth-order valence-electron chi connectivity index (χ4n) is 6.60. The van der Waals surface area contributed by atoms with Crippen molar-refractivity contribution in [2.24, 2.45) is 0 Å². The minimum Gasteiger partial charge on any atom is -0.491 e. The van der Waals surface area contributed by atoms with Gasteiger partial charge in [-0.3, -0.25) is 39.0 Å². The van der Waals surface area contributed by atoms with Crippen molar-refractivity contribution in [2.75, 3.05) is 39.6 Å². The maximum atomic E-state index is 13.2. The summed E-state index contributed by atoms with van der Waals surface area (Å²) in [7, 11) is 0. The van der Waals surface area contributed by atoms with Gasteiger partial charge in [0.05, 0.1) is 37.6 Å². The van der Waals surface area contributed by atoms with Crippen LogP contribution in [0, 0.1) is 6.92 Å². The Morgan fingerprint density at radius 1 is 0.714 bits per heavy atom. The summed E-state index contributed by atoms with van der Waals surface area (Å²) in [6.07, 6.45) is 2.17. The minimum atomic E-state index is -1.05. The number of nitrogens with zero attached hydrogens (tertiary/aromatic N) is 1. The van der Waals surface area contributed by atoms with Crippen molar-refractivity contribution in [1.29, 1.82) is 0 Å². The van der Waals surface area contributed by atoms with E-state index >= 15 is 0 Å². The van der Waals surface area contributed by atoms with E-state index in [2.05, 4.69) is 10.6 Å². The fraction of sp³-hybridized carbons (Fsp3) is 0.302. The summed E-state index contributed by atoms with van der Waals surface area (Å²) in [4.78, 5) is 76.7. The number of hydrogen-bond acceptors (Lipinski definition) is 10. The van der Waals surface area contributed by atoms with Crippen LogP contribution in [0.25, 0.3) is 11.1 Å². The molecular weight excluding hydrogens is 718 g/mol. The number of ketones is 1. The molecule has 1 saturated carbocycles. The van der Waals surface area contributed by atoms with Gasteiger partial charge >= 0.3 is 0 Å². The smallest absolute Gasteiger partial charge is 0.266 e. The third kappa shape index (κ3) is 8.69. The van der Waals surface area contributed by atoms with Crippen LogP contribution < -0.4 is 20.1 Å². The van der Waals surface area contributed by atoms with Crippen LogP contribution in [0.3, 0.4) is 0 Å². The zero-order valence-electron chi connectivity index (χ0n) is 30.8. The van der Waals surface area contributed by atoms with Crippen LogP contribution in [-0.2, 0) is 19.1 Å². The van der Waals surface area contributed by atoms with Gasteiger partial charge in [0.15, 0.2) is 5.78 Å². The molecule has 0 spiro atoms. The largest absolute Gasteiger partial charge is 0.491 e. The Hall–Kier alpha value is -6.18. The Balaban J connectivity index is 0.792. The Kier molecular flexibility index (Phi) is 11.6. The summed E-state index contributed by atoms with van der Waals surface area (Å²) >= 11 is 0. The molecule has 3 aliphatic rings. The van der Waals surface area contributed by atoms with E-state index in [1.54, 1.807) is 48.5 Å². The first-order chi connectivity index (χ1) is 27.2. The predicted molar refractivity (Wildman–Crippen MR) is 203 cm³/mol. The molecule has 1 aliphatic carbocycles. The van der Waals surface area contributed by atoms with Crippen molar-refractivity contribution in [3.8, 4) is 22.6 Å². The molecule has 2 heterocycles. The summed E-state index contributed by atoms with van der Waals surface area (Å²) in [5, 5.41) is 5.21. The molecule has 1 unspecified atom stereocenters. The highest BCUT2D eigenvalue weighted by Gasteiger charge is 2.46. The molecule has 13 nitrogen and oxygen atoms in total. The van der Waals surface area contributed by atoms with Crippen LogP contribution in [0.4, 0.5) is 0 Å². The Bertz CT molecular complexity index is 2160. The molecule has 0 bridgehead atoms. The molecule has 5 amide bonds. The summed E-state index contributed by atoms with van der Waals surface area (Å²) in [6.45, 7) is 3.52. The predicted octanol–water partition coefficient (Wildman–Crippen LogP) is 4.68. The zero-order chi connectivity index (χ0) is 39.2. The van der Waals surface area contributed by atoms with E-state index in [4.69, 9.17) is 18.9 Å². The third-order valence-electron chi connectivity index (χ3n) is 9.77. The number of nitrogens with one attached hydrogen (secondary N) is 2. The second-order valence-electron chi connectivity index (χ2n) is 13.8. The van der Waals surface area contributed by atoms with Gasteiger partial charge in [0.2, 0.25) is 11.8 Å². The van der Waals surface area contributed by atoms with Crippen LogP contribution in [0.2, 0.25) is 0 Å². The number of benzene rings is 4. The number of piperidine rings is 1. The highest BCUT2D eigenvalue weighted by atomic mass is 16.6. The highest BCUT2D eigenvalue weighted by molar-refractivity contribution is 6.24. The van der Waals surface area contributed by atoms with Gasteiger partial charge in [0.25, 0.3) is 17.7 Å². The van der Waals surface area contributed by atoms with Crippen molar-refractivity contribution in [1.82, 2.24) is 15.5 Å². The molecule has 2 fully saturated rings. The molecule has 0 radical (unpaired) electrons. The average molecular weight is 760 g/mol. The molecule has 4 aromatic carbocycles. The number of ether oxygens (including phenoxy) is 4. The molecule has 2 aliphatic heterocycles. The zero-order valence-corrected chi connectivity index (χ0v) is 30.8. The number of hydrogen-bond donors (Lipinski definition) is 2. The van der Waals surface area contributed by atoms with E-state index in [9.17, 15) is 28.8 Å². The molecule has 1 atom stereocenters. The molecular formula is C43H41N3O10. The van der Waals surface area contributed by atoms with Crippen molar-refractivity contribution < 1.29 is 47.7 Å². The number of fused-ring (bicyclic) bond motifs is 1. The summed E-state index contributed by atoms with van der Waals surface area (Å²) in [5.41, 5.74) is 4.86. The molecule has 288 valence electrons. The van der Waals surface area contributed by atoms with E-state index in [1.165, 1.54) is 6.07 Å². The summed E-state index contributed by atoms with van der Waals surface area (Å²) in [6, 6.07) is 23.9. The van der Waals surface area contributed by atoms with Gasteiger partial charge in [0, 0.05) is 29.2 Å². The Labute approximate surface area is 323 Å². The van der Waals surface area contributed by atoms with Crippen molar-refractivity contribution in [2.45, 2.75) is 44.7 Å². The normalized spacial score (nSPS) is 16.4. The van der Waals surface area contributed by atoms with Crippen LogP contribution >= 0.6 is 0 Å². The third-order valence-corrected chi connectivity index (χ3v) is 9.77. The van der Waals surface area contributed by atoms with Crippen molar-refractivity contribution in [3.63, 3.8) is 0 Å². The second kappa shape index (κ2) is 17.1. The van der Waals surface area contributed by atoms with Gasteiger partial charge < -0.3 is 24.3 Å². The molecule has 1 saturated heterocycles. The fourth-order valence-corrected chi connectivity index (χ4v) is 6.60. The first-order valence-corrected chi connectivity index (χ1v) is 18.6.